The van der Waals surface area contributed by atoms with E-state index < -0.39 is 16.0 Å². The summed E-state index contributed by atoms with van der Waals surface area (Å²) < 4.78 is 31.8. The molecule has 154 valence electrons. The normalized spacial score (nSPS) is 10.9. The van der Waals surface area contributed by atoms with Gasteiger partial charge < -0.3 is 10.1 Å². The number of anilines is 1. The van der Waals surface area contributed by atoms with E-state index in [4.69, 9.17) is 4.74 Å². The second-order valence-corrected chi connectivity index (χ2v) is 8.05. The van der Waals surface area contributed by atoms with Crippen LogP contribution in [0.5, 0.6) is 5.75 Å². The average Bonchev–Trinajstić information content (AvgIpc) is 2.76. The molecule has 0 radical (unpaired) electrons. The van der Waals surface area contributed by atoms with E-state index in [-0.39, 0.29) is 23.8 Å². The predicted octanol–water partition coefficient (Wildman–Crippen LogP) is 3.21. The molecular formula is C22H20N2O5S. The zero-order chi connectivity index (χ0) is 21.4. The molecule has 0 unspecified atom stereocenters. The van der Waals surface area contributed by atoms with Crippen molar-refractivity contribution in [3.63, 3.8) is 0 Å². The van der Waals surface area contributed by atoms with Crippen molar-refractivity contribution in [1.29, 1.82) is 0 Å². The van der Waals surface area contributed by atoms with Crippen LogP contribution in [0, 0.1) is 0 Å². The molecule has 3 aromatic carbocycles. The molecule has 30 heavy (non-hydrogen) atoms. The highest BCUT2D eigenvalue weighted by Crippen LogP contribution is 2.17. The summed E-state index contributed by atoms with van der Waals surface area (Å²) in [6.45, 7) is -0.0821. The number of hydrogen-bond acceptors (Lipinski definition) is 5. The van der Waals surface area contributed by atoms with Gasteiger partial charge in [-0.05, 0) is 48.5 Å². The summed E-state index contributed by atoms with van der Waals surface area (Å²) in [5.74, 6) is -0.526. The van der Waals surface area contributed by atoms with Crippen molar-refractivity contribution < 1.29 is 22.7 Å². The molecule has 0 aliphatic carbocycles. The number of sulfonamides is 1. The van der Waals surface area contributed by atoms with Gasteiger partial charge in [-0.3, -0.25) is 9.59 Å². The van der Waals surface area contributed by atoms with Gasteiger partial charge in [-0.1, -0.05) is 36.4 Å². The second kappa shape index (κ2) is 9.82. The molecule has 0 spiro atoms. The van der Waals surface area contributed by atoms with Crippen LogP contribution in [-0.2, 0) is 14.8 Å². The number of amides is 1. The zero-order valence-electron chi connectivity index (χ0n) is 15.9. The summed E-state index contributed by atoms with van der Waals surface area (Å²) in [6.07, 6.45) is -0.126. The third-order valence-electron chi connectivity index (χ3n) is 4.05. The number of ether oxygens (including phenoxy) is 1. The monoisotopic (exact) mass is 424 g/mol. The van der Waals surface area contributed by atoms with Gasteiger partial charge in [-0.25, -0.2) is 13.1 Å². The van der Waals surface area contributed by atoms with Crippen LogP contribution in [0.3, 0.4) is 0 Å². The predicted molar refractivity (Wildman–Crippen MR) is 113 cm³/mol. The maximum atomic E-state index is 12.1. The molecule has 3 rings (SSSR count). The van der Waals surface area contributed by atoms with Crippen LogP contribution in [-0.4, -0.2) is 26.8 Å². The first-order valence-electron chi connectivity index (χ1n) is 9.16. The first-order valence-corrected chi connectivity index (χ1v) is 10.6. The lowest BCUT2D eigenvalue weighted by Crippen LogP contribution is -2.27. The highest BCUT2D eigenvalue weighted by molar-refractivity contribution is 7.89. The van der Waals surface area contributed by atoms with Gasteiger partial charge >= 0.3 is 5.97 Å². The van der Waals surface area contributed by atoms with Crippen molar-refractivity contribution in [2.75, 3.05) is 11.9 Å². The third kappa shape index (κ3) is 6.00. The molecular weight excluding hydrogens is 404 g/mol. The van der Waals surface area contributed by atoms with Crippen molar-refractivity contribution in [1.82, 2.24) is 4.72 Å². The molecule has 0 saturated heterocycles. The van der Waals surface area contributed by atoms with Gasteiger partial charge in [0.05, 0.1) is 11.3 Å². The number of rotatable bonds is 8. The quantitative estimate of drug-likeness (QED) is 0.427. The van der Waals surface area contributed by atoms with E-state index in [2.05, 4.69) is 10.0 Å². The van der Waals surface area contributed by atoms with Gasteiger partial charge in [0.1, 0.15) is 5.75 Å². The van der Waals surface area contributed by atoms with E-state index in [0.29, 0.717) is 17.0 Å². The van der Waals surface area contributed by atoms with Crippen molar-refractivity contribution in [2.45, 2.75) is 11.3 Å². The van der Waals surface area contributed by atoms with E-state index in [9.17, 15) is 18.0 Å². The Hall–Kier alpha value is -3.49. The Morgan fingerprint density at radius 3 is 2.03 bits per heavy atom. The smallest absolute Gasteiger partial charge is 0.312 e. The lowest BCUT2D eigenvalue weighted by Gasteiger charge is -2.08. The third-order valence-corrected chi connectivity index (χ3v) is 5.53. The fourth-order valence-electron chi connectivity index (χ4n) is 2.55. The molecule has 0 aliphatic rings. The minimum absolute atomic E-state index is 0.0821. The molecule has 0 fully saturated rings. The molecule has 0 atom stereocenters. The standard InChI is InChI=1S/C22H20N2O5S/c25-21(15-16-23-30(27,28)20-9-5-2-6-10-20)29-19-13-11-18(12-14-19)24-22(26)17-7-3-1-4-8-17/h1-14,23H,15-16H2,(H,24,26). The molecule has 0 aliphatic heterocycles. The Bertz CT molecular complexity index is 1100. The van der Waals surface area contributed by atoms with Gasteiger partial charge in [-0.15, -0.1) is 0 Å². The summed E-state index contributed by atoms with van der Waals surface area (Å²) in [5.41, 5.74) is 1.09. The molecule has 7 nitrogen and oxygen atoms in total. The Morgan fingerprint density at radius 1 is 0.800 bits per heavy atom. The van der Waals surface area contributed by atoms with Gasteiger partial charge in [-0.2, -0.15) is 0 Å². The van der Waals surface area contributed by atoms with Crippen molar-refractivity contribution in [3.8, 4) is 5.75 Å². The largest absolute Gasteiger partial charge is 0.426 e. The van der Waals surface area contributed by atoms with E-state index >= 15 is 0 Å². The summed E-state index contributed by atoms with van der Waals surface area (Å²) in [5, 5.41) is 2.75. The molecule has 3 aromatic rings. The molecule has 8 heteroatoms. The van der Waals surface area contributed by atoms with Crippen LogP contribution >= 0.6 is 0 Å². The second-order valence-electron chi connectivity index (χ2n) is 6.28. The summed E-state index contributed by atoms with van der Waals surface area (Å²) >= 11 is 0. The number of nitrogens with one attached hydrogen (secondary N) is 2. The number of esters is 1. The average molecular weight is 424 g/mol. The number of carbonyl (C=O) groups is 2. The Kier molecular flexibility index (Phi) is 6.95. The zero-order valence-corrected chi connectivity index (χ0v) is 16.8. The summed E-state index contributed by atoms with van der Waals surface area (Å²) in [4.78, 5) is 24.2. The van der Waals surface area contributed by atoms with Crippen molar-refractivity contribution in [3.05, 3.63) is 90.5 Å². The lowest BCUT2D eigenvalue weighted by molar-refractivity contribution is -0.134. The topological polar surface area (TPSA) is 102 Å². The highest BCUT2D eigenvalue weighted by atomic mass is 32.2. The SMILES string of the molecule is O=C(CCNS(=O)(=O)c1ccccc1)Oc1ccc(NC(=O)c2ccccc2)cc1. The molecule has 0 heterocycles. The molecule has 2 N–H and O–H groups in total. The fourth-order valence-corrected chi connectivity index (χ4v) is 3.60. The minimum atomic E-state index is -3.67. The number of benzene rings is 3. The Morgan fingerprint density at radius 2 is 1.40 bits per heavy atom. The summed E-state index contributed by atoms with van der Waals surface area (Å²) in [7, 11) is -3.67. The highest BCUT2D eigenvalue weighted by Gasteiger charge is 2.14. The van der Waals surface area contributed by atoms with Gasteiger partial charge in [0.15, 0.2) is 0 Å². The van der Waals surface area contributed by atoms with Gasteiger partial charge in [0.25, 0.3) is 5.91 Å². The Labute approximate surface area is 174 Å². The first-order chi connectivity index (χ1) is 14.4. The van der Waals surface area contributed by atoms with Crippen molar-refractivity contribution >= 4 is 27.6 Å². The molecule has 0 aromatic heterocycles. The fraction of sp³-hybridized carbons (Fsp3) is 0.0909. The molecule has 1 amide bonds. The van der Waals surface area contributed by atoms with E-state index in [1.54, 1.807) is 66.7 Å². The Balaban J connectivity index is 1.47. The first kappa shape index (κ1) is 21.2. The summed E-state index contributed by atoms with van der Waals surface area (Å²) in [6, 6.07) is 23.0. The van der Waals surface area contributed by atoms with Crippen LogP contribution in [0.25, 0.3) is 0 Å². The molecule has 0 saturated carbocycles. The minimum Gasteiger partial charge on any atom is -0.426 e. The maximum Gasteiger partial charge on any atom is 0.312 e. The van der Waals surface area contributed by atoms with Crippen molar-refractivity contribution in [2.24, 2.45) is 0 Å². The van der Waals surface area contributed by atoms with Crippen LogP contribution in [0.4, 0.5) is 5.69 Å². The van der Waals surface area contributed by atoms with E-state index in [0.717, 1.165) is 0 Å². The van der Waals surface area contributed by atoms with E-state index in [1.165, 1.54) is 12.1 Å². The number of hydrogen-bond donors (Lipinski definition) is 2. The number of carbonyl (C=O) groups excluding carboxylic acids is 2. The van der Waals surface area contributed by atoms with Gasteiger partial charge in [0.2, 0.25) is 10.0 Å². The van der Waals surface area contributed by atoms with Crippen LogP contribution in [0.2, 0.25) is 0 Å². The molecule has 0 bridgehead atoms. The maximum absolute atomic E-state index is 12.1. The van der Waals surface area contributed by atoms with Crippen LogP contribution in [0.1, 0.15) is 16.8 Å². The van der Waals surface area contributed by atoms with E-state index in [1.807, 2.05) is 6.07 Å². The van der Waals surface area contributed by atoms with Crippen LogP contribution in [0.15, 0.2) is 89.8 Å². The van der Waals surface area contributed by atoms with Crippen LogP contribution < -0.4 is 14.8 Å². The van der Waals surface area contributed by atoms with Gasteiger partial charge in [0, 0.05) is 17.8 Å². The lowest BCUT2D eigenvalue weighted by atomic mass is 10.2.